The van der Waals surface area contributed by atoms with Gasteiger partial charge in [-0.3, -0.25) is 5.10 Å². The standard InChI is InChI=1S/C9H17N3O3S/c1-4-6(2)12-16(14,15)9-8(5-13)7(3)10-11-9/h6,12-13H,4-5H2,1-3H3,(H,10,11). The first-order valence-electron chi connectivity index (χ1n) is 5.09. The molecule has 0 amide bonds. The molecule has 1 aromatic heterocycles. The van der Waals surface area contributed by atoms with Gasteiger partial charge in [-0.25, -0.2) is 13.1 Å². The predicted octanol–water partition coefficient (Wildman–Crippen LogP) is 0.287. The van der Waals surface area contributed by atoms with E-state index in [9.17, 15) is 8.42 Å². The Kier molecular flexibility index (Phi) is 4.06. The molecule has 0 saturated carbocycles. The molecule has 7 heteroatoms. The van der Waals surface area contributed by atoms with Gasteiger partial charge in [-0.2, -0.15) is 5.10 Å². The number of aromatic nitrogens is 2. The van der Waals surface area contributed by atoms with Gasteiger partial charge in [0, 0.05) is 17.3 Å². The van der Waals surface area contributed by atoms with Crippen molar-refractivity contribution < 1.29 is 13.5 Å². The van der Waals surface area contributed by atoms with Crippen molar-refractivity contribution in [2.45, 2.75) is 44.9 Å². The van der Waals surface area contributed by atoms with E-state index in [1.807, 2.05) is 6.92 Å². The molecule has 0 aliphatic heterocycles. The molecule has 16 heavy (non-hydrogen) atoms. The Morgan fingerprint density at radius 2 is 2.19 bits per heavy atom. The lowest BCUT2D eigenvalue weighted by Gasteiger charge is -2.10. The highest BCUT2D eigenvalue weighted by atomic mass is 32.2. The Balaban J connectivity index is 3.07. The van der Waals surface area contributed by atoms with Crippen LogP contribution in [0, 0.1) is 6.92 Å². The summed E-state index contributed by atoms with van der Waals surface area (Å²) in [4.78, 5) is 0. The number of nitrogens with zero attached hydrogens (tertiary/aromatic N) is 1. The van der Waals surface area contributed by atoms with Crippen LogP contribution in [0.15, 0.2) is 5.03 Å². The van der Waals surface area contributed by atoms with Gasteiger partial charge in [-0.05, 0) is 20.3 Å². The first-order chi connectivity index (χ1) is 7.42. The molecule has 0 saturated heterocycles. The zero-order valence-electron chi connectivity index (χ0n) is 9.61. The van der Waals surface area contributed by atoms with Crippen LogP contribution in [0.2, 0.25) is 0 Å². The second kappa shape index (κ2) is 4.94. The Bertz CT molecular complexity index is 453. The molecule has 0 bridgehead atoms. The van der Waals surface area contributed by atoms with E-state index in [1.54, 1.807) is 13.8 Å². The van der Waals surface area contributed by atoms with Crippen LogP contribution in [0.5, 0.6) is 0 Å². The first kappa shape index (κ1) is 13.1. The van der Waals surface area contributed by atoms with Gasteiger partial charge in [0.25, 0.3) is 10.0 Å². The lowest BCUT2D eigenvalue weighted by molar-refractivity contribution is 0.277. The molecule has 1 aromatic rings. The van der Waals surface area contributed by atoms with E-state index in [-0.39, 0.29) is 17.7 Å². The van der Waals surface area contributed by atoms with Gasteiger partial charge in [0.1, 0.15) is 0 Å². The van der Waals surface area contributed by atoms with Gasteiger partial charge in [0.2, 0.25) is 0 Å². The summed E-state index contributed by atoms with van der Waals surface area (Å²) in [5.41, 5.74) is 0.878. The van der Waals surface area contributed by atoms with E-state index in [1.165, 1.54) is 0 Å². The fourth-order valence-corrected chi connectivity index (χ4v) is 2.76. The van der Waals surface area contributed by atoms with Gasteiger partial charge in [0.05, 0.1) is 6.61 Å². The number of aliphatic hydroxyl groups excluding tert-OH is 1. The molecule has 0 spiro atoms. The maximum atomic E-state index is 11.9. The number of H-pyrrole nitrogens is 1. The summed E-state index contributed by atoms with van der Waals surface area (Å²) in [5, 5.41) is 15.2. The Morgan fingerprint density at radius 1 is 1.56 bits per heavy atom. The van der Waals surface area contributed by atoms with E-state index in [0.717, 1.165) is 0 Å². The van der Waals surface area contributed by atoms with Crippen LogP contribution in [0.1, 0.15) is 31.5 Å². The van der Waals surface area contributed by atoms with Gasteiger partial charge in [0.15, 0.2) is 5.03 Å². The summed E-state index contributed by atoms with van der Waals surface area (Å²) in [6, 6.07) is -0.159. The highest BCUT2D eigenvalue weighted by Crippen LogP contribution is 2.16. The number of hydrogen-bond donors (Lipinski definition) is 3. The third-order valence-corrected chi connectivity index (χ3v) is 3.98. The minimum absolute atomic E-state index is 0.118. The van der Waals surface area contributed by atoms with Crippen molar-refractivity contribution in [3.05, 3.63) is 11.3 Å². The van der Waals surface area contributed by atoms with Gasteiger partial charge in [-0.1, -0.05) is 6.92 Å². The molecule has 92 valence electrons. The number of aromatic amines is 1. The summed E-state index contributed by atoms with van der Waals surface area (Å²) in [6.07, 6.45) is 0.692. The number of sulfonamides is 1. The van der Waals surface area contributed by atoms with E-state index >= 15 is 0 Å². The average Bonchev–Trinajstić information content (AvgIpc) is 2.59. The van der Waals surface area contributed by atoms with Crippen molar-refractivity contribution >= 4 is 10.0 Å². The van der Waals surface area contributed by atoms with Gasteiger partial charge in [-0.15, -0.1) is 0 Å². The molecule has 1 rings (SSSR count). The molecule has 3 N–H and O–H groups in total. The summed E-state index contributed by atoms with van der Waals surface area (Å²) in [7, 11) is -3.65. The van der Waals surface area contributed by atoms with Gasteiger partial charge >= 0.3 is 0 Å². The van der Waals surface area contributed by atoms with E-state index < -0.39 is 10.0 Å². The second-order valence-electron chi connectivity index (χ2n) is 3.72. The summed E-state index contributed by atoms with van der Waals surface area (Å²) in [6.45, 7) is 4.98. The lowest BCUT2D eigenvalue weighted by Crippen LogP contribution is -2.32. The Labute approximate surface area is 95.1 Å². The topological polar surface area (TPSA) is 95.1 Å². The minimum Gasteiger partial charge on any atom is -0.392 e. The summed E-state index contributed by atoms with van der Waals surface area (Å²) in [5.74, 6) is 0. The van der Waals surface area contributed by atoms with Crippen LogP contribution < -0.4 is 4.72 Å². The number of nitrogens with one attached hydrogen (secondary N) is 2. The molecule has 1 atom stereocenters. The lowest BCUT2D eigenvalue weighted by atomic mass is 10.3. The number of aryl methyl sites for hydroxylation is 1. The maximum Gasteiger partial charge on any atom is 0.260 e. The Morgan fingerprint density at radius 3 is 2.69 bits per heavy atom. The summed E-state index contributed by atoms with van der Waals surface area (Å²) < 4.78 is 26.3. The number of aliphatic hydroxyl groups is 1. The van der Waals surface area contributed by atoms with Crippen molar-refractivity contribution in [1.82, 2.24) is 14.9 Å². The minimum atomic E-state index is -3.65. The van der Waals surface area contributed by atoms with Crippen LogP contribution in [0.25, 0.3) is 0 Å². The predicted molar refractivity (Wildman–Crippen MR) is 59.3 cm³/mol. The third kappa shape index (κ3) is 2.60. The molecule has 1 unspecified atom stereocenters. The largest absolute Gasteiger partial charge is 0.392 e. The normalized spacial score (nSPS) is 14.0. The van der Waals surface area contributed by atoms with Crippen molar-refractivity contribution in [1.29, 1.82) is 0 Å². The van der Waals surface area contributed by atoms with Crippen molar-refractivity contribution in [3.8, 4) is 0 Å². The van der Waals surface area contributed by atoms with Gasteiger partial charge < -0.3 is 5.11 Å². The molecule has 0 aromatic carbocycles. The molecule has 6 nitrogen and oxygen atoms in total. The monoisotopic (exact) mass is 247 g/mol. The molecule has 0 aliphatic rings. The van der Waals surface area contributed by atoms with Crippen molar-refractivity contribution in [2.75, 3.05) is 0 Å². The van der Waals surface area contributed by atoms with Crippen LogP contribution in [0.3, 0.4) is 0 Å². The first-order valence-corrected chi connectivity index (χ1v) is 6.57. The Hall–Kier alpha value is -0.920. The maximum absolute atomic E-state index is 11.9. The van der Waals surface area contributed by atoms with E-state index in [4.69, 9.17) is 5.11 Å². The van der Waals surface area contributed by atoms with E-state index in [2.05, 4.69) is 14.9 Å². The molecular weight excluding hydrogens is 230 g/mol. The van der Waals surface area contributed by atoms with Crippen molar-refractivity contribution in [2.24, 2.45) is 0 Å². The molecule has 0 aliphatic carbocycles. The fraction of sp³-hybridized carbons (Fsp3) is 0.667. The zero-order chi connectivity index (χ0) is 12.3. The SMILES string of the molecule is CCC(C)NS(=O)(=O)c1n[nH]c(C)c1CO. The smallest absolute Gasteiger partial charge is 0.260 e. The van der Waals surface area contributed by atoms with Crippen LogP contribution in [-0.2, 0) is 16.6 Å². The fourth-order valence-electron chi connectivity index (χ4n) is 1.24. The molecule has 0 fully saturated rings. The number of hydrogen-bond acceptors (Lipinski definition) is 4. The summed E-state index contributed by atoms with van der Waals surface area (Å²) >= 11 is 0. The highest BCUT2D eigenvalue weighted by Gasteiger charge is 2.24. The van der Waals surface area contributed by atoms with E-state index in [0.29, 0.717) is 17.7 Å². The second-order valence-corrected chi connectivity index (χ2v) is 5.35. The third-order valence-electron chi connectivity index (χ3n) is 2.42. The van der Waals surface area contributed by atoms with Crippen LogP contribution in [0.4, 0.5) is 0 Å². The quantitative estimate of drug-likeness (QED) is 0.696. The van der Waals surface area contributed by atoms with Crippen LogP contribution in [-0.4, -0.2) is 29.8 Å². The zero-order valence-corrected chi connectivity index (χ0v) is 10.4. The molecular formula is C9H17N3O3S. The average molecular weight is 247 g/mol. The molecule has 0 radical (unpaired) electrons. The highest BCUT2D eigenvalue weighted by molar-refractivity contribution is 7.89. The van der Waals surface area contributed by atoms with Crippen molar-refractivity contribution in [3.63, 3.8) is 0 Å². The van der Waals surface area contributed by atoms with Crippen LogP contribution >= 0.6 is 0 Å². The number of rotatable bonds is 5. The molecule has 1 heterocycles.